The molecule has 1 aliphatic carbocycles. The fourth-order valence-corrected chi connectivity index (χ4v) is 4.68. The molecule has 4 heterocycles. The number of ether oxygens (including phenoxy) is 1. The van der Waals surface area contributed by atoms with E-state index >= 15 is 0 Å². The minimum atomic E-state index is 0.300. The van der Waals surface area contributed by atoms with Gasteiger partial charge in [0, 0.05) is 40.6 Å². The second-order valence-corrected chi connectivity index (χ2v) is 8.65. The number of nitrogens with zero attached hydrogens (tertiary/aromatic N) is 3. The summed E-state index contributed by atoms with van der Waals surface area (Å²) >= 11 is 0. The maximum Gasteiger partial charge on any atom is 0.138 e. The molecule has 2 N–H and O–H groups in total. The molecule has 1 saturated carbocycles. The second kappa shape index (κ2) is 8.54. The molecule has 0 radical (unpaired) electrons. The summed E-state index contributed by atoms with van der Waals surface area (Å²) < 4.78 is 6.20. The Hall–Kier alpha value is -3.93. The number of nitrogens with one attached hydrogen (secondary N) is 2. The molecule has 0 saturated heterocycles. The van der Waals surface area contributed by atoms with Gasteiger partial charge in [0.2, 0.25) is 0 Å². The van der Waals surface area contributed by atoms with Gasteiger partial charge in [-0.25, -0.2) is 0 Å². The van der Waals surface area contributed by atoms with Crippen molar-refractivity contribution in [2.75, 3.05) is 0 Å². The molecule has 1 fully saturated rings. The van der Waals surface area contributed by atoms with Crippen LogP contribution in [0, 0.1) is 0 Å². The van der Waals surface area contributed by atoms with E-state index < -0.39 is 0 Å². The summed E-state index contributed by atoms with van der Waals surface area (Å²) in [6, 6.07) is 16.6. The number of hydrogen-bond acceptors (Lipinski definition) is 4. The largest absolute Gasteiger partial charge is 0.489 e. The number of fused-ring (bicyclic) bond motifs is 1. The number of benzene rings is 1. The molecule has 0 unspecified atom stereocenters. The van der Waals surface area contributed by atoms with Crippen LogP contribution in [0.2, 0.25) is 0 Å². The van der Waals surface area contributed by atoms with Crippen LogP contribution in [0.5, 0.6) is 5.75 Å². The summed E-state index contributed by atoms with van der Waals surface area (Å²) in [4.78, 5) is 12.2. The van der Waals surface area contributed by atoms with Crippen molar-refractivity contribution in [1.29, 1.82) is 0 Å². The van der Waals surface area contributed by atoms with Crippen molar-refractivity contribution < 1.29 is 4.74 Å². The van der Waals surface area contributed by atoms with E-state index in [1.54, 1.807) is 12.4 Å². The van der Waals surface area contributed by atoms with E-state index in [4.69, 9.17) is 4.74 Å². The van der Waals surface area contributed by atoms with E-state index in [1.165, 1.54) is 19.3 Å². The van der Waals surface area contributed by atoms with E-state index in [0.29, 0.717) is 6.10 Å². The highest BCUT2D eigenvalue weighted by molar-refractivity contribution is 5.97. The third kappa shape index (κ3) is 4.00. The van der Waals surface area contributed by atoms with Crippen LogP contribution in [0.4, 0.5) is 0 Å². The maximum atomic E-state index is 6.20. The zero-order valence-corrected chi connectivity index (χ0v) is 18.3. The average Bonchev–Trinajstić information content (AvgIpc) is 3.53. The fraction of sp³-hybridized carbons (Fsp3) is 0.222. The van der Waals surface area contributed by atoms with Crippen LogP contribution in [0.25, 0.3) is 44.7 Å². The van der Waals surface area contributed by atoms with Crippen LogP contribution in [-0.4, -0.2) is 31.3 Å². The van der Waals surface area contributed by atoms with Crippen molar-refractivity contribution in [1.82, 2.24) is 25.1 Å². The first-order valence-electron chi connectivity index (χ1n) is 11.5. The van der Waals surface area contributed by atoms with Gasteiger partial charge in [0.15, 0.2) is 0 Å². The average molecular weight is 436 g/mol. The van der Waals surface area contributed by atoms with Gasteiger partial charge in [-0.2, -0.15) is 5.10 Å². The standard InChI is InChI=1S/C27H25N5O/c1-2-7-20(8-3-1)33-21-12-19(16-29-17-21)25-14-27(32-31-25)26-13-23-22(9-4-10-24(23)30-26)18-6-5-11-28-15-18/h4-6,9-17,20,30H,1-3,7-8H2,(H,31,32). The Morgan fingerprint density at radius 1 is 0.818 bits per heavy atom. The van der Waals surface area contributed by atoms with E-state index in [9.17, 15) is 0 Å². The van der Waals surface area contributed by atoms with Crippen molar-refractivity contribution in [2.45, 2.75) is 38.2 Å². The first-order valence-corrected chi connectivity index (χ1v) is 11.5. The molecule has 6 nitrogen and oxygen atoms in total. The lowest BCUT2D eigenvalue weighted by Gasteiger charge is -2.22. The minimum Gasteiger partial charge on any atom is -0.489 e. The van der Waals surface area contributed by atoms with Gasteiger partial charge in [0.25, 0.3) is 0 Å². The third-order valence-electron chi connectivity index (χ3n) is 6.37. The molecular weight excluding hydrogens is 410 g/mol. The van der Waals surface area contributed by atoms with Crippen LogP contribution in [-0.2, 0) is 0 Å². The normalized spacial score (nSPS) is 14.5. The molecule has 1 aliphatic rings. The molecule has 0 spiro atoms. The first-order chi connectivity index (χ1) is 16.3. The van der Waals surface area contributed by atoms with Gasteiger partial charge in [-0.1, -0.05) is 24.6 Å². The van der Waals surface area contributed by atoms with Gasteiger partial charge < -0.3 is 9.72 Å². The number of H-pyrrole nitrogens is 2. The van der Waals surface area contributed by atoms with Gasteiger partial charge in [0.1, 0.15) is 11.4 Å². The quantitative estimate of drug-likeness (QED) is 0.335. The zero-order valence-electron chi connectivity index (χ0n) is 18.3. The number of rotatable bonds is 5. The molecule has 0 aliphatic heterocycles. The third-order valence-corrected chi connectivity index (χ3v) is 6.37. The van der Waals surface area contributed by atoms with Gasteiger partial charge in [-0.05, 0) is 61.6 Å². The molecule has 1 aromatic carbocycles. The van der Waals surface area contributed by atoms with Crippen LogP contribution in [0.15, 0.2) is 73.3 Å². The lowest BCUT2D eigenvalue weighted by atomic mass is 9.98. The molecule has 0 atom stereocenters. The van der Waals surface area contributed by atoms with Crippen LogP contribution in [0.1, 0.15) is 32.1 Å². The lowest BCUT2D eigenvalue weighted by molar-refractivity contribution is 0.154. The Kier molecular flexibility index (Phi) is 5.11. The van der Waals surface area contributed by atoms with Gasteiger partial charge in [0.05, 0.1) is 23.7 Å². The monoisotopic (exact) mass is 435 g/mol. The smallest absolute Gasteiger partial charge is 0.138 e. The topological polar surface area (TPSA) is 79.5 Å². The van der Waals surface area contributed by atoms with Crippen molar-refractivity contribution in [3.63, 3.8) is 0 Å². The van der Waals surface area contributed by atoms with Crippen LogP contribution >= 0.6 is 0 Å². The lowest BCUT2D eigenvalue weighted by Crippen LogP contribution is -2.19. The van der Waals surface area contributed by atoms with Crippen molar-refractivity contribution in [2.24, 2.45) is 0 Å². The summed E-state index contributed by atoms with van der Waals surface area (Å²) in [6.45, 7) is 0. The molecule has 0 bridgehead atoms. The van der Waals surface area contributed by atoms with Crippen molar-refractivity contribution in [3.8, 4) is 39.5 Å². The Morgan fingerprint density at radius 3 is 2.61 bits per heavy atom. The summed E-state index contributed by atoms with van der Waals surface area (Å²) in [5.41, 5.74) is 7.02. The Morgan fingerprint density at radius 2 is 1.73 bits per heavy atom. The van der Waals surface area contributed by atoms with Crippen LogP contribution < -0.4 is 4.74 Å². The second-order valence-electron chi connectivity index (χ2n) is 8.65. The Bertz CT molecular complexity index is 1380. The number of hydrogen-bond donors (Lipinski definition) is 2. The Labute approximate surface area is 192 Å². The molecule has 0 amide bonds. The zero-order chi connectivity index (χ0) is 22.0. The molecule has 6 rings (SSSR count). The summed E-state index contributed by atoms with van der Waals surface area (Å²) in [5, 5.41) is 8.88. The van der Waals surface area contributed by atoms with E-state index in [-0.39, 0.29) is 0 Å². The molecular formula is C27H25N5O. The minimum absolute atomic E-state index is 0.300. The van der Waals surface area contributed by atoms with Gasteiger partial charge >= 0.3 is 0 Å². The number of aromatic nitrogens is 5. The predicted octanol–water partition coefficient (Wildman–Crippen LogP) is 6.39. The van der Waals surface area contributed by atoms with E-state index in [2.05, 4.69) is 61.5 Å². The van der Waals surface area contributed by atoms with Gasteiger partial charge in [-0.15, -0.1) is 0 Å². The molecule has 164 valence electrons. The highest BCUT2D eigenvalue weighted by atomic mass is 16.5. The maximum absolute atomic E-state index is 6.20. The van der Waals surface area contributed by atoms with Crippen molar-refractivity contribution in [3.05, 3.63) is 73.3 Å². The molecule has 6 heteroatoms. The SMILES string of the molecule is c1cncc(-c2cccc3[nH]c(-c4cc(-c5cncc(OC6CCCCC6)c5)[nH]n4)cc23)c1. The fourth-order valence-electron chi connectivity index (χ4n) is 4.68. The molecule has 33 heavy (non-hydrogen) atoms. The number of pyridine rings is 2. The van der Waals surface area contributed by atoms with Gasteiger partial charge in [-0.3, -0.25) is 15.1 Å². The first kappa shape index (κ1) is 19.7. The van der Waals surface area contributed by atoms with E-state index in [1.807, 2.05) is 24.5 Å². The van der Waals surface area contributed by atoms with Crippen molar-refractivity contribution >= 4 is 10.9 Å². The predicted molar refractivity (Wildman–Crippen MR) is 130 cm³/mol. The molecule has 5 aromatic rings. The highest BCUT2D eigenvalue weighted by Crippen LogP contribution is 2.33. The van der Waals surface area contributed by atoms with Crippen LogP contribution in [0.3, 0.4) is 0 Å². The number of aromatic amines is 2. The van der Waals surface area contributed by atoms with E-state index in [0.717, 1.165) is 63.3 Å². The summed E-state index contributed by atoms with van der Waals surface area (Å²) in [7, 11) is 0. The Balaban J connectivity index is 1.29. The highest BCUT2D eigenvalue weighted by Gasteiger charge is 2.16. The molecule has 4 aromatic heterocycles. The summed E-state index contributed by atoms with van der Waals surface area (Å²) in [5.74, 6) is 0.822. The summed E-state index contributed by atoms with van der Waals surface area (Å²) in [6.07, 6.45) is 13.7.